The molecular weight excluding hydrogens is 347 g/mol. The first-order valence-corrected chi connectivity index (χ1v) is 7.59. The molecule has 0 spiro atoms. The molecule has 134 valence electrons. The Morgan fingerprint density at radius 3 is 2.19 bits per heavy atom. The van der Waals surface area contributed by atoms with E-state index in [0.29, 0.717) is 16.9 Å². The number of aromatic nitrogens is 1. The highest BCUT2D eigenvalue weighted by atomic mass is 19.4. The molecule has 1 N–H and O–H groups in total. The summed E-state index contributed by atoms with van der Waals surface area (Å²) in [4.78, 5) is 12.1. The van der Waals surface area contributed by atoms with Crippen LogP contribution in [0.4, 0.5) is 13.2 Å². The standard InChI is InChI=1S/C19H14F3NO3/c1-26-18(25)17-16(24)11-15(23(17)14-5-3-2-4-6-14)12-7-9-13(10-8-12)19(20,21)22/h2-11,24H,1H3. The molecule has 7 heteroatoms. The maximum absolute atomic E-state index is 12.8. The highest BCUT2D eigenvalue weighted by molar-refractivity contribution is 5.93. The van der Waals surface area contributed by atoms with Crippen LogP contribution in [0.1, 0.15) is 16.1 Å². The number of nitrogens with zero attached hydrogens (tertiary/aromatic N) is 1. The van der Waals surface area contributed by atoms with Crippen LogP contribution in [0.15, 0.2) is 60.7 Å². The van der Waals surface area contributed by atoms with Gasteiger partial charge in [0.15, 0.2) is 5.69 Å². The second kappa shape index (κ2) is 6.59. The van der Waals surface area contributed by atoms with E-state index in [4.69, 9.17) is 4.74 Å². The maximum atomic E-state index is 12.8. The molecule has 1 aromatic heterocycles. The summed E-state index contributed by atoms with van der Waals surface area (Å²) in [7, 11) is 1.18. The Morgan fingerprint density at radius 1 is 1.04 bits per heavy atom. The lowest BCUT2D eigenvalue weighted by atomic mass is 10.1. The predicted molar refractivity (Wildman–Crippen MR) is 89.2 cm³/mol. The number of halogens is 3. The van der Waals surface area contributed by atoms with Crippen LogP contribution in [-0.2, 0) is 10.9 Å². The lowest BCUT2D eigenvalue weighted by Gasteiger charge is -2.13. The smallest absolute Gasteiger partial charge is 0.416 e. The van der Waals surface area contributed by atoms with Gasteiger partial charge in [0, 0.05) is 11.8 Å². The zero-order valence-corrected chi connectivity index (χ0v) is 13.6. The van der Waals surface area contributed by atoms with Crippen LogP contribution in [-0.4, -0.2) is 22.8 Å². The van der Waals surface area contributed by atoms with Gasteiger partial charge in [-0.3, -0.25) is 0 Å². The van der Waals surface area contributed by atoms with Crippen molar-refractivity contribution in [1.82, 2.24) is 4.57 Å². The van der Waals surface area contributed by atoms with Crippen molar-refractivity contribution in [2.45, 2.75) is 6.18 Å². The van der Waals surface area contributed by atoms with Crippen LogP contribution in [0.3, 0.4) is 0 Å². The van der Waals surface area contributed by atoms with Gasteiger partial charge in [-0.25, -0.2) is 4.79 Å². The molecule has 0 bridgehead atoms. The molecule has 0 unspecified atom stereocenters. The first-order valence-electron chi connectivity index (χ1n) is 7.59. The first-order chi connectivity index (χ1) is 12.3. The zero-order valence-electron chi connectivity index (χ0n) is 13.6. The van der Waals surface area contributed by atoms with Crippen LogP contribution in [0, 0.1) is 0 Å². The predicted octanol–water partition coefficient (Wildman–Crippen LogP) is 4.66. The van der Waals surface area contributed by atoms with E-state index < -0.39 is 17.7 Å². The third-order valence-electron chi connectivity index (χ3n) is 3.88. The minimum atomic E-state index is -4.45. The largest absolute Gasteiger partial charge is 0.505 e. The number of methoxy groups -OCH3 is 1. The van der Waals surface area contributed by atoms with Gasteiger partial charge >= 0.3 is 12.1 Å². The van der Waals surface area contributed by atoms with Gasteiger partial charge in [-0.15, -0.1) is 0 Å². The van der Waals surface area contributed by atoms with Crippen LogP contribution in [0.25, 0.3) is 16.9 Å². The molecule has 1 heterocycles. The van der Waals surface area contributed by atoms with E-state index in [1.54, 1.807) is 30.3 Å². The SMILES string of the molecule is COC(=O)c1c(O)cc(-c2ccc(C(F)(F)F)cc2)n1-c1ccccc1. The molecule has 0 aliphatic heterocycles. The summed E-state index contributed by atoms with van der Waals surface area (Å²) in [5, 5.41) is 10.2. The normalized spacial score (nSPS) is 11.4. The Bertz CT molecular complexity index is 929. The second-order valence-electron chi connectivity index (χ2n) is 5.50. The summed E-state index contributed by atoms with van der Waals surface area (Å²) in [5.74, 6) is -1.08. The van der Waals surface area contributed by atoms with E-state index in [1.807, 2.05) is 0 Å². The molecule has 0 atom stereocenters. The van der Waals surface area contributed by atoms with Gasteiger partial charge in [0.2, 0.25) is 0 Å². The number of hydrogen-bond acceptors (Lipinski definition) is 3. The van der Waals surface area contributed by atoms with Crippen molar-refractivity contribution < 1.29 is 27.8 Å². The number of benzene rings is 2. The fourth-order valence-corrected chi connectivity index (χ4v) is 2.68. The molecule has 0 saturated carbocycles. The van der Waals surface area contributed by atoms with E-state index in [9.17, 15) is 23.1 Å². The van der Waals surface area contributed by atoms with E-state index in [-0.39, 0.29) is 11.4 Å². The van der Waals surface area contributed by atoms with Crippen molar-refractivity contribution in [2.24, 2.45) is 0 Å². The van der Waals surface area contributed by atoms with Crippen molar-refractivity contribution in [3.8, 4) is 22.7 Å². The third kappa shape index (κ3) is 3.15. The van der Waals surface area contributed by atoms with E-state index in [2.05, 4.69) is 0 Å². The summed E-state index contributed by atoms with van der Waals surface area (Å²) in [6.07, 6.45) is -4.45. The number of esters is 1. The Hall–Kier alpha value is -3.22. The maximum Gasteiger partial charge on any atom is 0.416 e. The molecule has 0 aliphatic rings. The quantitative estimate of drug-likeness (QED) is 0.691. The van der Waals surface area contributed by atoms with E-state index in [1.165, 1.54) is 29.9 Å². The number of aromatic hydroxyl groups is 1. The molecule has 0 aliphatic carbocycles. The number of para-hydroxylation sites is 1. The van der Waals surface area contributed by atoms with Crippen LogP contribution in [0.5, 0.6) is 5.75 Å². The lowest BCUT2D eigenvalue weighted by molar-refractivity contribution is -0.137. The monoisotopic (exact) mass is 361 g/mol. The molecule has 4 nitrogen and oxygen atoms in total. The van der Waals surface area contributed by atoms with Crippen molar-refractivity contribution in [3.05, 3.63) is 71.9 Å². The van der Waals surface area contributed by atoms with Gasteiger partial charge in [0.1, 0.15) is 5.75 Å². The molecule has 3 aromatic rings. The summed E-state index contributed by atoms with van der Waals surface area (Å²) >= 11 is 0. The van der Waals surface area contributed by atoms with E-state index >= 15 is 0 Å². The average Bonchev–Trinajstić information content (AvgIpc) is 2.98. The molecule has 2 aromatic carbocycles. The Balaban J connectivity index is 2.20. The molecule has 26 heavy (non-hydrogen) atoms. The van der Waals surface area contributed by atoms with E-state index in [0.717, 1.165) is 12.1 Å². The Labute approximate surface area is 147 Å². The average molecular weight is 361 g/mol. The zero-order chi connectivity index (χ0) is 18.9. The minimum Gasteiger partial charge on any atom is -0.505 e. The lowest BCUT2D eigenvalue weighted by Crippen LogP contribution is -2.10. The van der Waals surface area contributed by atoms with Crippen molar-refractivity contribution >= 4 is 5.97 Å². The fraction of sp³-hybridized carbons (Fsp3) is 0.105. The number of carbonyl (C=O) groups is 1. The number of hydrogen-bond donors (Lipinski definition) is 1. The highest BCUT2D eigenvalue weighted by Gasteiger charge is 2.30. The van der Waals surface area contributed by atoms with Gasteiger partial charge < -0.3 is 14.4 Å². The van der Waals surface area contributed by atoms with Crippen molar-refractivity contribution in [1.29, 1.82) is 0 Å². The Morgan fingerprint density at radius 2 is 1.65 bits per heavy atom. The van der Waals surface area contributed by atoms with Crippen LogP contribution < -0.4 is 0 Å². The van der Waals surface area contributed by atoms with Gasteiger partial charge in [-0.05, 0) is 29.8 Å². The molecular formula is C19H14F3NO3. The summed E-state index contributed by atoms with van der Waals surface area (Å²) in [6, 6.07) is 14.5. The number of ether oxygens (including phenoxy) is 1. The summed E-state index contributed by atoms with van der Waals surface area (Å²) in [6.45, 7) is 0. The molecule has 0 radical (unpaired) electrons. The number of carbonyl (C=O) groups excluding carboxylic acids is 1. The summed E-state index contributed by atoms with van der Waals surface area (Å²) in [5.41, 5.74) is 0.448. The molecule has 0 fully saturated rings. The molecule has 0 amide bonds. The second-order valence-corrected chi connectivity index (χ2v) is 5.50. The topological polar surface area (TPSA) is 51.5 Å². The molecule has 0 saturated heterocycles. The van der Waals surface area contributed by atoms with Crippen LogP contribution >= 0.6 is 0 Å². The van der Waals surface area contributed by atoms with Gasteiger partial charge in [0.25, 0.3) is 0 Å². The first kappa shape index (κ1) is 17.6. The van der Waals surface area contributed by atoms with Crippen molar-refractivity contribution in [2.75, 3.05) is 7.11 Å². The van der Waals surface area contributed by atoms with Gasteiger partial charge in [-0.2, -0.15) is 13.2 Å². The van der Waals surface area contributed by atoms with Gasteiger partial charge in [-0.1, -0.05) is 30.3 Å². The minimum absolute atomic E-state index is 0.103. The highest BCUT2D eigenvalue weighted by Crippen LogP contribution is 2.36. The number of alkyl halides is 3. The van der Waals surface area contributed by atoms with Gasteiger partial charge in [0.05, 0.1) is 18.4 Å². The third-order valence-corrected chi connectivity index (χ3v) is 3.88. The fourth-order valence-electron chi connectivity index (χ4n) is 2.68. The number of rotatable bonds is 3. The Kier molecular flexibility index (Phi) is 4.46. The van der Waals surface area contributed by atoms with Crippen molar-refractivity contribution in [3.63, 3.8) is 0 Å². The molecule has 3 rings (SSSR count). The van der Waals surface area contributed by atoms with Crippen LogP contribution in [0.2, 0.25) is 0 Å². The summed E-state index contributed by atoms with van der Waals surface area (Å²) < 4.78 is 44.5.